The van der Waals surface area contributed by atoms with Crippen LogP contribution in [0.3, 0.4) is 0 Å². The Morgan fingerprint density at radius 1 is 1.40 bits per heavy atom. The molecule has 0 radical (unpaired) electrons. The van der Waals surface area contributed by atoms with E-state index in [0.717, 1.165) is 36.9 Å². The van der Waals surface area contributed by atoms with Crippen molar-refractivity contribution in [2.24, 2.45) is 0 Å². The van der Waals surface area contributed by atoms with E-state index >= 15 is 0 Å². The van der Waals surface area contributed by atoms with Crippen LogP contribution in [0.2, 0.25) is 0 Å². The summed E-state index contributed by atoms with van der Waals surface area (Å²) in [6, 6.07) is 6.41. The summed E-state index contributed by atoms with van der Waals surface area (Å²) >= 11 is 0. The van der Waals surface area contributed by atoms with Crippen molar-refractivity contribution in [3.8, 4) is 5.75 Å². The lowest BCUT2D eigenvalue weighted by Crippen LogP contribution is -2.30. The van der Waals surface area contributed by atoms with Gasteiger partial charge < -0.3 is 9.72 Å². The Morgan fingerprint density at radius 3 is 3.00 bits per heavy atom. The molecule has 0 saturated carbocycles. The molecule has 2 heterocycles. The number of nitrogens with zero attached hydrogens (tertiary/aromatic N) is 2. The minimum absolute atomic E-state index is 0.190. The van der Waals surface area contributed by atoms with Crippen molar-refractivity contribution < 1.29 is 4.74 Å². The number of fused-ring (bicyclic) bond motifs is 1. The van der Waals surface area contributed by atoms with Crippen LogP contribution in [0.1, 0.15) is 29.6 Å². The Morgan fingerprint density at radius 2 is 2.25 bits per heavy atom. The molecule has 1 atom stereocenters. The van der Waals surface area contributed by atoms with E-state index in [1.165, 1.54) is 11.1 Å². The van der Waals surface area contributed by atoms with Crippen molar-refractivity contribution in [2.75, 3.05) is 6.54 Å². The van der Waals surface area contributed by atoms with Crippen molar-refractivity contribution in [1.82, 2.24) is 14.9 Å². The van der Waals surface area contributed by atoms with Gasteiger partial charge in [-0.3, -0.25) is 4.90 Å². The summed E-state index contributed by atoms with van der Waals surface area (Å²) in [6.07, 6.45) is 2.07. The third-order valence-corrected chi connectivity index (χ3v) is 3.58. The van der Waals surface area contributed by atoms with Crippen molar-refractivity contribution in [1.29, 1.82) is 0 Å². The van der Waals surface area contributed by atoms with Crippen LogP contribution in [0.25, 0.3) is 0 Å². The highest BCUT2D eigenvalue weighted by Crippen LogP contribution is 2.26. The summed E-state index contributed by atoms with van der Waals surface area (Å²) in [6.45, 7) is 8.91. The zero-order valence-electron chi connectivity index (χ0n) is 12.3. The lowest BCUT2D eigenvalue weighted by Gasteiger charge is -2.20. The molecule has 0 bridgehead atoms. The molecule has 106 valence electrons. The van der Waals surface area contributed by atoms with E-state index in [-0.39, 0.29) is 6.10 Å². The molecule has 1 N–H and O–H groups in total. The SMILES string of the molecule is Cc1ccc2c(c1)CN(Cc1ncc(C)[nH]1)CC(C)O2. The van der Waals surface area contributed by atoms with E-state index in [1.54, 1.807) is 0 Å². The number of rotatable bonds is 2. The van der Waals surface area contributed by atoms with Crippen LogP contribution in [0.5, 0.6) is 5.75 Å². The maximum Gasteiger partial charge on any atom is 0.124 e. The predicted octanol–water partition coefficient (Wildman–Crippen LogP) is 2.81. The van der Waals surface area contributed by atoms with Gasteiger partial charge in [-0.1, -0.05) is 17.7 Å². The van der Waals surface area contributed by atoms with Crippen molar-refractivity contribution in [2.45, 2.75) is 40.0 Å². The Hall–Kier alpha value is -1.81. The second-order valence-electron chi connectivity index (χ2n) is 5.72. The number of imidazole rings is 1. The Balaban J connectivity index is 1.82. The van der Waals surface area contributed by atoms with Crippen LogP contribution in [0.15, 0.2) is 24.4 Å². The van der Waals surface area contributed by atoms with E-state index in [4.69, 9.17) is 4.74 Å². The van der Waals surface area contributed by atoms with E-state index in [2.05, 4.69) is 46.9 Å². The molecule has 0 saturated heterocycles. The molecular weight excluding hydrogens is 250 g/mol. The highest BCUT2D eigenvalue weighted by Gasteiger charge is 2.20. The van der Waals surface area contributed by atoms with Crippen LogP contribution in [-0.2, 0) is 13.1 Å². The second kappa shape index (κ2) is 5.29. The number of ether oxygens (including phenoxy) is 1. The fourth-order valence-electron chi connectivity index (χ4n) is 2.75. The smallest absolute Gasteiger partial charge is 0.124 e. The molecule has 0 spiro atoms. The fraction of sp³-hybridized carbons (Fsp3) is 0.438. The second-order valence-corrected chi connectivity index (χ2v) is 5.72. The molecule has 0 fully saturated rings. The molecule has 4 nitrogen and oxygen atoms in total. The Labute approximate surface area is 119 Å². The van der Waals surface area contributed by atoms with E-state index in [1.807, 2.05) is 13.1 Å². The number of benzene rings is 1. The van der Waals surface area contributed by atoms with Crippen LogP contribution in [0.4, 0.5) is 0 Å². The zero-order valence-corrected chi connectivity index (χ0v) is 12.3. The van der Waals surface area contributed by atoms with Gasteiger partial charge in [0.2, 0.25) is 0 Å². The van der Waals surface area contributed by atoms with Crippen LogP contribution in [-0.4, -0.2) is 27.5 Å². The van der Waals surface area contributed by atoms with Crippen LogP contribution >= 0.6 is 0 Å². The number of hydrogen-bond donors (Lipinski definition) is 1. The van der Waals surface area contributed by atoms with Gasteiger partial charge in [-0.2, -0.15) is 0 Å². The first-order valence-electron chi connectivity index (χ1n) is 7.09. The predicted molar refractivity (Wildman–Crippen MR) is 78.7 cm³/mol. The van der Waals surface area contributed by atoms with Gasteiger partial charge in [0.15, 0.2) is 0 Å². The molecule has 4 heteroatoms. The Kier molecular flexibility index (Phi) is 3.49. The quantitative estimate of drug-likeness (QED) is 0.913. The standard InChI is InChI=1S/C16H21N3O/c1-11-4-5-15-14(6-11)9-19(8-13(3)20-15)10-16-17-7-12(2)18-16/h4-7,13H,8-10H2,1-3H3,(H,17,18). The molecule has 0 aliphatic carbocycles. The largest absolute Gasteiger partial charge is 0.489 e. The summed E-state index contributed by atoms with van der Waals surface area (Å²) in [5.74, 6) is 2.03. The first-order valence-corrected chi connectivity index (χ1v) is 7.09. The number of aromatic nitrogens is 2. The molecule has 1 aliphatic rings. The summed E-state index contributed by atoms with van der Waals surface area (Å²) in [7, 11) is 0. The Bertz CT molecular complexity index is 606. The third kappa shape index (κ3) is 2.85. The van der Waals surface area contributed by atoms with E-state index in [0.29, 0.717) is 0 Å². The number of hydrogen-bond acceptors (Lipinski definition) is 3. The molecule has 1 unspecified atom stereocenters. The minimum Gasteiger partial charge on any atom is -0.489 e. The van der Waals surface area contributed by atoms with Gasteiger partial charge in [0.25, 0.3) is 0 Å². The first kappa shape index (κ1) is 13.2. The fourth-order valence-corrected chi connectivity index (χ4v) is 2.75. The van der Waals surface area contributed by atoms with Gasteiger partial charge >= 0.3 is 0 Å². The van der Waals surface area contributed by atoms with Gasteiger partial charge in [-0.15, -0.1) is 0 Å². The van der Waals surface area contributed by atoms with Gasteiger partial charge in [0.05, 0.1) is 6.54 Å². The summed E-state index contributed by atoms with van der Waals surface area (Å²) in [5, 5.41) is 0. The van der Waals surface area contributed by atoms with Crippen molar-refractivity contribution in [3.63, 3.8) is 0 Å². The molecule has 0 amide bonds. The lowest BCUT2D eigenvalue weighted by atomic mass is 10.1. The molecule has 1 aromatic carbocycles. The topological polar surface area (TPSA) is 41.2 Å². The summed E-state index contributed by atoms with van der Waals surface area (Å²) in [4.78, 5) is 10.1. The van der Waals surface area contributed by atoms with Crippen molar-refractivity contribution >= 4 is 0 Å². The maximum atomic E-state index is 6.01. The molecule has 2 aromatic rings. The van der Waals surface area contributed by atoms with Crippen LogP contribution in [0, 0.1) is 13.8 Å². The van der Waals surface area contributed by atoms with Crippen molar-refractivity contribution in [3.05, 3.63) is 47.0 Å². The number of aromatic amines is 1. The molecule has 1 aliphatic heterocycles. The number of aryl methyl sites for hydroxylation is 2. The van der Waals surface area contributed by atoms with Crippen LogP contribution < -0.4 is 4.74 Å². The van der Waals surface area contributed by atoms with E-state index in [9.17, 15) is 0 Å². The highest BCUT2D eigenvalue weighted by molar-refractivity contribution is 5.37. The first-order chi connectivity index (χ1) is 9.60. The van der Waals surface area contributed by atoms with Gasteiger partial charge in [0, 0.05) is 30.5 Å². The number of H-pyrrole nitrogens is 1. The normalized spacial score (nSPS) is 19.2. The molecule has 1 aromatic heterocycles. The maximum absolute atomic E-state index is 6.01. The molecule has 20 heavy (non-hydrogen) atoms. The van der Waals surface area contributed by atoms with Gasteiger partial charge in [-0.05, 0) is 26.8 Å². The lowest BCUT2D eigenvalue weighted by molar-refractivity contribution is 0.154. The average molecular weight is 271 g/mol. The average Bonchev–Trinajstić information content (AvgIpc) is 2.70. The molecule has 3 rings (SSSR count). The summed E-state index contributed by atoms with van der Waals surface area (Å²) in [5.41, 5.74) is 3.64. The zero-order chi connectivity index (χ0) is 14.1. The minimum atomic E-state index is 0.190. The molecular formula is C16H21N3O. The number of nitrogens with one attached hydrogen (secondary N) is 1. The highest BCUT2D eigenvalue weighted by atomic mass is 16.5. The van der Waals surface area contributed by atoms with Gasteiger partial charge in [-0.25, -0.2) is 4.98 Å². The van der Waals surface area contributed by atoms with E-state index < -0.39 is 0 Å². The third-order valence-electron chi connectivity index (χ3n) is 3.58. The van der Waals surface area contributed by atoms with Gasteiger partial charge in [0.1, 0.15) is 17.7 Å². The monoisotopic (exact) mass is 271 g/mol. The summed E-state index contributed by atoms with van der Waals surface area (Å²) < 4.78 is 6.01.